The van der Waals surface area contributed by atoms with E-state index in [1.165, 1.54) is 0 Å². The van der Waals surface area contributed by atoms with Crippen molar-refractivity contribution in [1.29, 1.82) is 0 Å². The van der Waals surface area contributed by atoms with E-state index in [1.807, 2.05) is 23.7 Å². The summed E-state index contributed by atoms with van der Waals surface area (Å²) in [5, 5.41) is 3.35. The SMILES string of the molecule is CC(C)NCc1nc2cccnc2n1C. The topological polar surface area (TPSA) is 42.7 Å². The molecule has 0 aliphatic heterocycles. The summed E-state index contributed by atoms with van der Waals surface area (Å²) in [7, 11) is 2.00. The Kier molecular flexibility index (Phi) is 2.68. The molecule has 2 heterocycles. The van der Waals surface area contributed by atoms with Crippen LogP contribution >= 0.6 is 0 Å². The van der Waals surface area contributed by atoms with E-state index in [2.05, 4.69) is 29.1 Å². The summed E-state index contributed by atoms with van der Waals surface area (Å²) >= 11 is 0. The quantitative estimate of drug-likeness (QED) is 0.823. The lowest BCUT2D eigenvalue weighted by Gasteiger charge is -2.07. The van der Waals surface area contributed by atoms with Crippen molar-refractivity contribution in [3.8, 4) is 0 Å². The number of imidazole rings is 1. The van der Waals surface area contributed by atoms with E-state index in [9.17, 15) is 0 Å². The number of hydrogen-bond donors (Lipinski definition) is 1. The van der Waals surface area contributed by atoms with Crippen molar-refractivity contribution in [2.45, 2.75) is 26.4 Å². The molecular formula is C11H16N4. The molecule has 2 aromatic rings. The van der Waals surface area contributed by atoms with Gasteiger partial charge < -0.3 is 9.88 Å². The molecule has 0 radical (unpaired) electrons. The number of nitrogens with one attached hydrogen (secondary N) is 1. The van der Waals surface area contributed by atoms with Gasteiger partial charge in [-0.05, 0) is 12.1 Å². The highest BCUT2D eigenvalue weighted by Gasteiger charge is 2.07. The second-order valence-electron chi connectivity index (χ2n) is 3.97. The first-order valence-electron chi connectivity index (χ1n) is 5.18. The molecule has 0 aliphatic carbocycles. The highest BCUT2D eigenvalue weighted by Crippen LogP contribution is 2.11. The van der Waals surface area contributed by atoms with Crippen molar-refractivity contribution in [2.75, 3.05) is 0 Å². The van der Waals surface area contributed by atoms with Gasteiger partial charge in [-0.15, -0.1) is 0 Å². The second kappa shape index (κ2) is 3.98. The standard InChI is InChI=1S/C11H16N4/c1-8(2)13-7-10-14-9-5-4-6-12-11(9)15(10)3/h4-6,8,13H,7H2,1-3H3. The number of pyridine rings is 1. The van der Waals surface area contributed by atoms with Gasteiger partial charge in [0.25, 0.3) is 0 Å². The molecule has 0 atom stereocenters. The minimum Gasteiger partial charge on any atom is -0.315 e. The molecule has 2 rings (SSSR count). The van der Waals surface area contributed by atoms with E-state index in [0.717, 1.165) is 23.5 Å². The van der Waals surface area contributed by atoms with E-state index in [1.54, 1.807) is 6.20 Å². The van der Waals surface area contributed by atoms with Gasteiger partial charge in [0.15, 0.2) is 5.65 Å². The second-order valence-corrected chi connectivity index (χ2v) is 3.97. The Morgan fingerprint density at radius 3 is 2.93 bits per heavy atom. The van der Waals surface area contributed by atoms with E-state index in [0.29, 0.717) is 6.04 Å². The number of hydrogen-bond acceptors (Lipinski definition) is 3. The largest absolute Gasteiger partial charge is 0.315 e. The van der Waals surface area contributed by atoms with Crippen molar-refractivity contribution in [2.24, 2.45) is 7.05 Å². The van der Waals surface area contributed by atoms with E-state index < -0.39 is 0 Å². The normalized spacial score (nSPS) is 11.5. The molecular weight excluding hydrogens is 188 g/mol. The lowest BCUT2D eigenvalue weighted by Crippen LogP contribution is -2.23. The molecule has 0 aromatic carbocycles. The number of rotatable bonds is 3. The summed E-state index contributed by atoms with van der Waals surface area (Å²) in [5.41, 5.74) is 1.90. The number of aryl methyl sites for hydroxylation is 1. The van der Waals surface area contributed by atoms with Crippen molar-refractivity contribution < 1.29 is 0 Å². The Balaban J connectivity index is 2.32. The molecule has 0 amide bonds. The minimum absolute atomic E-state index is 0.470. The molecule has 0 bridgehead atoms. The van der Waals surface area contributed by atoms with Crippen LogP contribution in [0, 0.1) is 0 Å². The third-order valence-corrected chi connectivity index (χ3v) is 2.39. The van der Waals surface area contributed by atoms with Gasteiger partial charge in [0, 0.05) is 19.3 Å². The van der Waals surface area contributed by atoms with Gasteiger partial charge in [-0.2, -0.15) is 0 Å². The summed E-state index contributed by atoms with van der Waals surface area (Å²) < 4.78 is 2.03. The number of aromatic nitrogens is 3. The molecule has 0 aliphatic rings. The Morgan fingerprint density at radius 2 is 2.27 bits per heavy atom. The summed E-state index contributed by atoms with van der Waals surface area (Å²) in [6.07, 6.45) is 1.80. The van der Waals surface area contributed by atoms with Crippen LogP contribution in [0.25, 0.3) is 11.2 Å². The number of fused-ring (bicyclic) bond motifs is 1. The summed E-state index contributed by atoms with van der Waals surface area (Å²) in [4.78, 5) is 8.82. The summed E-state index contributed by atoms with van der Waals surface area (Å²) in [6, 6.07) is 4.37. The van der Waals surface area contributed by atoms with Crippen molar-refractivity contribution in [3.63, 3.8) is 0 Å². The molecule has 2 aromatic heterocycles. The fourth-order valence-electron chi connectivity index (χ4n) is 1.52. The summed E-state index contributed by atoms with van der Waals surface area (Å²) in [6.45, 7) is 5.03. The van der Waals surface area contributed by atoms with Crippen LogP contribution in [-0.4, -0.2) is 20.6 Å². The maximum atomic E-state index is 4.52. The third kappa shape index (κ3) is 1.99. The van der Waals surface area contributed by atoms with Crippen LogP contribution in [0.5, 0.6) is 0 Å². The van der Waals surface area contributed by atoms with Crippen LogP contribution in [0.3, 0.4) is 0 Å². The fraction of sp³-hybridized carbons (Fsp3) is 0.455. The van der Waals surface area contributed by atoms with Gasteiger partial charge in [-0.3, -0.25) is 0 Å². The Morgan fingerprint density at radius 1 is 1.47 bits per heavy atom. The molecule has 80 valence electrons. The van der Waals surface area contributed by atoms with Gasteiger partial charge in [-0.25, -0.2) is 9.97 Å². The van der Waals surface area contributed by atoms with Gasteiger partial charge in [-0.1, -0.05) is 13.8 Å². The van der Waals surface area contributed by atoms with E-state index >= 15 is 0 Å². The van der Waals surface area contributed by atoms with Crippen molar-refractivity contribution >= 4 is 11.2 Å². The lowest BCUT2D eigenvalue weighted by atomic mass is 10.4. The molecule has 0 spiro atoms. The third-order valence-electron chi connectivity index (χ3n) is 2.39. The van der Waals surface area contributed by atoms with Crippen LogP contribution in [0.2, 0.25) is 0 Å². The van der Waals surface area contributed by atoms with Crippen LogP contribution < -0.4 is 5.32 Å². The molecule has 1 N–H and O–H groups in total. The smallest absolute Gasteiger partial charge is 0.159 e. The van der Waals surface area contributed by atoms with Gasteiger partial charge >= 0.3 is 0 Å². The molecule has 4 heteroatoms. The Hall–Kier alpha value is -1.42. The Bertz CT molecular complexity index is 459. The van der Waals surface area contributed by atoms with Gasteiger partial charge in [0.1, 0.15) is 11.3 Å². The van der Waals surface area contributed by atoms with Crippen LogP contribution in [0.4, 0.5) is 0 Å². The molecule has 4 nitrogen and oxygen atoms in total. The van der Waals surface area contributed by atoms with Crippen LogP contribution in [-0.2, 0) is 13.6 Å². The first-order chi connectivity index (χ1) is 7.18. The lowest BCUT2D eigenvalue weighted by molar-refractivity contribution is 0.563. The first-order valence-corrected chi connectivity index (χ1v) is 5.18. The van der Waals surface area contributed by atoms with Crippen LogP contribution in [0.15, 0.2) is 18.3 Å². The van der Waals surface area contributed by atoms with Crippen molar-refractivity contribution in [1.82, 2.24) is 19.9 Å². The summed E-state index contributed by atoms with van der Waals surface area (Å²) in [5.74, 6) is 1.03. The molecule has 0 unspecified atom stereocenters. The van der Waals surface area contributed by atoms with E-state index in [-0.39, 0.29) is 0 Å². The highest BCUT2D eigenvalue weighted by molar-refractivity contribution is 5.70. The molecule has 0 saturated carbocycles. The molecule has 0 fully saturated rings. The average Bonchev–Trinajstić information content (AvgIpc) is 2.54. The highest BCUT2D eigenvalue weighted by atomic mass is 15.1. The van der Waals surface area contributed by atoms with Crippen molar-refractivity contribution in [3.05, 3.63) is 24.2 Å². The monoisotopic (exact) mass is 204 g/mol. The molecule has 0 saturated heterocycles. The Labute approximate surface area is 89.3 Å². The predicted octanol–water partition coefficient (Wildman–Crippen LogP) is 1.47. The zero-order valence-electron chi connectivity index (χ0n) is 9.36. The predicted molar refractivity (Wildman–Crippen MR) is 60.5 cm³/mol. The zero-order chi connectivity index (χ0) is 10.8. The van der Waals surface area contributed by atoms with Gasteiger partial charge in [0.2, 0.25) is 0 Å². The first kappa shape index (κ1) is 10.1. The van der Waals surface area contributed by atoms with Crippen LogP contribution in [0.1, 0.15) is 19.7 Å². The number of nitrogens with zero attached hydrogens (tertiary/aromatic N) is 3. The average molecular weight is 204 g/mol. The zero-order valence-corrected chi connectivity index (χ0v) is 9.36. The minimum atomic E-state index is 0.470. The maximum absolute atomic E-state index is 4.52. The van der Waals surface area contributed by atoms with E-state index in [4.69, 9.17) is 0 Å². The molecule has 15 heavy (non-hydrogen) atoms. The van der Waals surface area contributed by atoms with Gasteiger partial charge in [0.05, 0.1) is 6.54 Å². The maximum Gasteiger partial charge on any atom is 0.159 e. The fourth-order valence-corrected chi connectivity index (χ4v) is 1.52.